The second kappa shape index (κ2) is 12.0. The molecule has 0 heterocycles. The Hall–Kier alpha value is 0. The van der Waals surface area contributed by atoms with Crippen LogP contribution in [0.1, 0.15) is 68.7 Å². The first-order valence-corrected chi connectivity index (χ1v) is 5.45. The van der Waals surface area contributed by atoms with Gasteiger partial charge >= 0.3 is 0 Å². The van der Waals surface area contributed by atoms with Gasteiger partial charge in [0.15, 0.2) is 0 Å². The summed E-state index contributed by atoms with van der Waals surface area (Å²) in [7, 11) is 0. The zero-order valence-corrected chi connectivity index (χ0v) is 10.1. The summed E-state index contributed by atoms with van der Waals surface area (Å²) in [5.74, 6) is 2.67. The van der Waals surface area contributed by atoms with Gasteiger partial charge in [-0.25, -0.2) is 0 Å². The average Bonchev–Trinajstić information content (AvgIpc) is 1.87. The molecule has 0 aliphatic rings. The minimum atomic E-state index is 0. The van der Waals surface area contributed by atoms with Crippen LogP contribution in [-0.4, -0.2) is 0 Å². The first-order valence-electron chi connectivity index (χ1n) is 5.45. The van der Waals surface area contributed by atoms with E-state index in [2.05, 4.69) is 48.5 Å². The SMILES string of the molecule is C.CC(C)C.CCC(CC)C(C)C. The summed E-state index contributed by atoms with van der Waals surface area (Å²) in [6, 6.07) is 0. The van der Waals surface area contributed by atoms with Crippen molar-refractivity contribution < 1.29 is 0 Å². The Morgan fingerprint density at radius 2 is 1.00 bits per heavy atom. The van der Waals surface area contributed by atoms with Crippen LogP contribution in [0.2, 0.25) is 0 Å². The van der Waals surface area contributed by atoms with Crippen LogP contribution in [0.15, 0.2) is 0 Å². The van der Waals surface area contributed by atoms with Crippen molar-refractivity contribution in [3.63, 3.8) is 0 Å². The summed E-state index contributed by atoms with van der Waals surface area (Å²) in [5, 5.41) is 0. The predicted molar refractivity (Wildman–Crippen MR) is 66.2 cm³/mol. The van der Waals surface area contributed by atoms with E-state index in [1.807, 2.05) is 0 Å². The maximum absolute atomic E-state index is 2.30. The van der Waals surface area contributed by atoms with Crippen LogP contribution < -0.4 is 0 Å². The zero-order valence-electron chi connectivity index (χ0n) is 10.1. The largest absolute Gasteiger partial charge is 0.0776 e. The highest BCUT2D eigenvalue weighted by Crippen LogP contribution is 2.17. The van der Waals surface area contributed by atoms with Crippen molar-refractivity contribution >= 4 is 0 Å². The topological polar surface area (TPSA) is 0 Å². The van der Waals surface area contributed by atoms with Gasteiger partial charge in [0.1, 0.15) is 0 Å². The standard InChI is InChI=1S/C8H18.C4H10.CH4/c1-5-8(6-2)7(3)4;1-4(2)3;/h7-8H,5-6H2,1-4H3;4H,1-3H3;1H4. The van der Waals surface area contributed by atoms with E-state index < -0.39 is 0 Å². The molecule has 0 atom stereocenters. The minimum absolute atomic E-state index is 0. The molecule has 0 unspecified atom stereocenters. The summed E-state index contributed by atoms with van der Waals surface area (Å²) in [6.07, 6.45) is 2.68. The Bertz CT molecular complexity index is 65.4. The van der Waals surface area contributed by atoms with Crippen LogP contribution in [-0.2, 0) is 0 Å². The molecular weight excluding hydrogens is 156 g/mol. The van der Waals surface area contributed by atoms with Crippen LogP contribution in [0.4, 0.5) is 0 Å². The van der Waals surface area contributed by atoms with E-state index >= 15 is 0 Å². The van der Waals surface area contributed by atoms with Gasteiger partial charge < -0.3 is 0 Å². The Morgan fingerprint density at radius 3 is 1.00 bits per heavy atom. The summed E-state index contributed by atoms with van der Waals surface area (Å²) in [6.45, 7) is 15.7. The minimum Gasteiger partial charge on any atom is -0.0776 e. The molecule has 13 heavy (non-hydrogen) atoms. The van der Waals surface area contributed by atoms with Crippen molar-refractivity contribution in [2.45, 2.75) is 68.7 Å². The second-order valence-corrected chi connectivity index (χ2v) is 4.55. The molecule has 84 valence electrons. The third-order valence-electron chi connectivity index (χ3n) is 1.99. The van der Waals surface area contributed by atoms with E-state index in [0.717, 1.165) is 17.8 Å². The highest BCUT2D eigenvalue weighted by molar-refractivity contribution is 4.57. The normalized spacial score (nSPS) is 9.69. The molecule has 0 fully saturated rings. The Kier molecular flexibility index (Phi) is 17.3. The monoisotopic (exact) mass is 188 g/mol. The Morgan fingerprint density at radius 1 is 0.769 bits per heavy atom. The lowest BCUT2D eigenvalue weighted by atomic mass is 9.91. The first-order chi connectivity index (χ1) is 5.45. The highest BCUT2D eigenvalue weighted by Gasteiger charge is 2.06. The zero-order chi connectivity index (χ0) is 10.1. The fourth-order valence-corrected chi connectivity index (χ4v) is 1.23. The molecule has 0 nitrogen and oxygen atoms in total. The average molecular weight is 188 g/mol. The van der Waals surface area contributed by atoms with E-state index in [4.69, 9.17) is 0 Å². The van der Waals surface area contributed by atoms with Crippen molar-refractivity contribution in [3.05, 3.63) is 0 Å². The lowest BCUT2D eigenvalue weighted by molar-refractivity contribution is 0.362. The quantitative estimate of drug-likeness (QED) is 0.558. The van der Waals surface area contributed by atoms with Gasteiger partial charge in [0, 0.05) is 0 Å². The predicted octanol–water partition coefficient (Wildman–Crippen LogP) is 5.38. The van der Waals surface area contributed by atoms with Gasteiger partial charge in [0.05, 0.1) is 0 Å². The smallest absolute Gasteiger partial charge is 0.0396 e. The molecule has 0 aliphatic carbocycles. The molecule has 0 rings (SSSR count). The third kappa shape index (κ3) is 18.8. The van der Waals surface area contributed by atoms with Crippen molar-refractivity contribution in [2.75, 3.05) is 0 Å². The molecule has 0 spiro atoms. The van der Waals surface area contributed by atoms with E-state index in [1.54, 1.807) is 0 Å². The molecule has 0 N–H and O–H groups in total. The molecule has 0 saturated carbocycles. The molecule has 0 saturated heterocycles. The van der Waals surface area contributed by atoms with Gasteiger partial charge in [-0.3, -0.25) is 0 Å². The van der Waals surface area contributed by atoms with Gasteiger partial charge in [-0.2, -0.15) is 0 Å². The molecule has 0 aromatic rings. The maximum Gasteiger partial charge on any atom is -0.0396 e. The third-order valence-corrected chi connectivity index (χ3v) is 1.99. The fraction of sp³-hybridized carbons (Fsp3) is 1.00. The highest BCUT2D eigenvalue weighted by atomic mass is 14.1. The van der Waals surface area contributed by atoms with Gasteiger partial charge in [-0.15, -0.1) is 0 Å². The van der Waals surface area contributed by atoms with Gasteiger partial charge in [-0.1, -0.05) is 68.7 Å². The van der Waals surface area contributed by atoms with Crippen LogP contribution >= 0.6 is 0 Å². The number of rotatable bonds is 3. The van der Waals surface area contributed by atoms with E-state index in [0.29, 0.717) is 0 Å². The van der Waals surface area contributed by atoms with Crippen molar-refractivity contribution in [1.82, 2.24) is 0 Å². The summed E-state index contributed by atoms with van der Waals surface area (Å²) >= 11 is 0. The summed E-state index contributed by atoms with van der Waals surface area (Å²) < 4.78 is 0. The lowest BCUT2D eigenvalue weighted by Gasteiger charge is -2.15. The molecule has 0 aromatic heterocycles. The molecule has 0 aromatic carbocycles. The van der Waals surface area contributed by atoms with E-state index in [-0.39, 0.29) is 7.43 Å². The molecule has 0 heteroatoms. The maximum atomic E-state index is 2.30. The van der Waals surface area contributed by atoms with Gasteiger partial charge in [0.25, 0.3) is 0 Å². The second-order valence-electron chi connectivity index (χ2n) is 4.55. The number of hydrogen-bond donors (Lipinski definition) is 0. The molecular formula is C13H32. The summed E-state index contributed by atoms with van der Waals surface area (Å²) in [5.41, 5.74) is 0. The lowest BCUT2D eigenvalue weighted by Crippen LogP contribution is -2.04. The van der Waals surface area contributed by atoms with Crippen LogP contribution in [0.25, 0.3) is 0 Å². The summed E-state index contributed by atoms with van der Waals surface area (Å²) in [4.78, 5) is 0. The van der Waals surface area contributed by atoms with Crippen molar-refractivity contribution in [2.24, 2.45) is 17.8 Å². The fourth-order valence-electron chi connectivity index (χ4n) is 1.23. The van der Waals surface area contributed by atoms with Crippen molar-refractivity contribution in [1.29, 1.82) is 0 Å². The van der Waals surface area contributed by atoms with E-state index in [1.165, 1.54) is 12.8 Å². The van der Waals surface area contributed by atoms with Crippen LogP contribution in [0, 0.1) is 17.8 Å². The van der Waals surface area contributed by atoms with Gasteiger partial charge in [-0.05, 0) is 17.8 Å². The van der Waals surface area contributed by atoms with Crippen LogP contribution in [0.5, 0.6) is 0 Å². The van der Waals surface area contributed by atoms with Crippen LogP contribution in [0.3, 0.4) is 0 Å². The van der Waals surface area contributed by atoms with E-state index in [9.17, 15) is 0 Å². The number of hydrogen-bond acceptors (Lipinski definition) is 0. The first kappa shape index (κ1) is 18.7. The van der Waals surface area contributed by atoms with Gasteiger partial charge in [0.2, 0.25) is 0 Å². The molecule has 0 bridgehead atoms. The Labute approximate surface area is 87.1 Å². The molecule has 0 amide bonds. The molecule has 0 radical (unpaired) electrons. The van der Waals surface area contributed by atoms with Crippen molar-refractivity contribution in [3.8, 4) is 0 Å². The Balaban J connectivity index is -0.000000173. The molecule has 0 aliphatic heterocycles.